The Balaban J connectivity index is 0.000000941. The van der Waals surface area contributed by atoms with Crippen LogP contribution in [0, 0.1) is 6.92 Å². The van der Waals surface area contributed by atoms with Crippen molar-refractivity contribution in [1.29, 1.82) is 0 Å². The predicted octanol–water partition coefficient (Wildman–Crippen LogP) is -0.704. The number of aromatic nitrogens is 4. The number of hydrogen-bond acceptors (Lipinski definition) is 8. The Bertz CT molecular complexity index is 927. The van der Waals surface area contributed by atoms with E-state index in [1.807, 2.05) is 13.0 Å². The minimum atomic E-state index is -3.71. The van der Waals surface area contributed by atoms with Gasteiger partial charge in [0, 0.05) is 13.1 Å². The van der Waals surface area contributed by atoms with Crippen molar-refractivity contribution in [3.8, 4) is 5.69 Å². The number of sulfonamides is 1. The monoisotopic (exact) mass is 426 g/mol. The third kappa shape index (κ3) is 5.96. The van der Waals surface area contributed by atoms with E-state index in [4.69, 9.17) is 14.6 Å². The van der Waals surface area contributed by atoms with E-state index in [9.17, 15) is 13.2 Å². The summed E-state index contributed by atoms with van der Waals surface area (Å²) in [6.07, 6.45) is 2.45. The van der Waals surface area contributed by atoms with Gasteiger partial charge >= 0.3 is 0 Å². The summed E-state index contributed by atoms with van der Waals surface area (Å²) in [5.41, 5.74) is 1.67. The van der Waals surface area contributed by atoms with Crippen LogP contribution in [0.15, 0.2) is 24.5 Å². The molecule has 29 heavy (non-hydrogen) atoms. The van der Waals surface area contributed by atoms with Gasteiger partial charge in [-0.15, -0.1) is 5.10 Å². The summed E-state index contributed by atoms with van der Waals surface area (Å²) in [5, 5.41) is 17.9. The summed E-state index contributed by atoms with van der Waals surface area (Å²) >= 11 is 0. The number of tetrazole rings is 1. The molecule has 1 aliphatic rings. The number of carbonyl (C=O) groups is 2. The van der Waals surface area contributed by atoms with E-state index in [2.05, 4.69) is 15.5 Å². The molecule has 2 aromatic rings. The van der Waals surface area contributed by atoms with E-state index in [1.54, 1.807) is 17.0 Å². The molecule has 0 unspecified atom stereocenters. The SMILES string of the molecule is Cc1ccc(-n2cnnn2)c(N(CC(=O)N2CCOCC2)S(C)(=O)=O)c1.O=CO. The summed E-state index contributed by atoms with van der Waals surface area (Å²) in [6, 6.07) is 5.24. The zero-order chi connectivity index (χ0) is 21.4. The molecule has 0 bridgehead atoms. The summed E-state index contributed by atoms with van der Waals surface area (Å²) in [7, 11) is -3.71. The molecule has 3 rings (SSSR count). The highest BCUT2D eigenvalue weighted by Crippen LogP contribution is 2.27. The fourth-order valence-electron chi connectivity index (χ4n) is 2.72. The lowest BCUT2D eigenvalue weighted by Crippen LogP contribution is -2.47. The lowest BCUT2D eigenvalue weighted by Gasteiger charge is -2.30. The van der Waals surface area contributed by atoms with Gasteiger partial charge in [0.15, 0.2) is 0 Å². The van der Waals surface area contributed by atoms with Crippen LogP contribution in [0.25, 0.3) is 5.69 Å². The van der Waals surface area contributed by atoms with Crippen LogP contribution in [0.1, 0.15) is 5.56 Å². The molecule has 0 saturated carbocycles. The van der Waals surface area contributed by atoms with Gasteiger partial charge in [-0.2, -0.15) is 4.68 Å². The van der Waals surface area contributed by atoms with Gasteiger partial charge in [-0.1, -0.05) is 6.07 Å². The summed E-state index contributed by atoms with van der Waals surface area (Å²) in [4.78, 5) is 22.6. The van der Waals surface area contributed by atoms with Gasteiger partial charge < -0.3 is 14.7 Å². The average Bonchev–Trinajstić information content (AvgIpc) is 3.21. The number of carboxylic acid groups (broad SMARTS) is 1. The van der Waals surface area contributed by atoms with Crippen LogP contribution in [-0.4, -0.2) is 90.1 Å². The standard InChI is InChI=1S/C15H20N6O4S.CH2O2/c1-12-3-4-13(20-11-16-17-18-20)14(9-12)21(26(2,23)24)10-15(22)19-5-7-25-8-6-19;2-1-3/h3-4,9,11H,5-8,10H2,1-2H3;1H,(H,2,3). The molecule has 2 heterocycles. The van der Waals surface area contributed by atoms with Gasteiger partial charge in [0.05, 0.1) is 30.8 Å². The molecule has 12 nitrogen and oxygen atoms in total. The number of carbonyl (C=O) groups excluding carboxylic acids is 1. The molecule has 158 valence electrons. The third-order valence-corrected chi connectivity index (χ3v) is 5.16. The zero-order valence-electron chi connectivity index (χ0n) is 16.0. The topological polar surface area (TPSA) is 148 Å². The highest BCUT2D eigenvalue weighted by Gasteiger charge is 2.27. The minimum absolute atomic E-state index is 0.250. The summed E-state index contributed by atoms with van der Waals surface area (Å²) in [6.45, 7) is 3.10. The molecule has 1 fully saturated rings. The first kappa shape index (κ1) is 22.2. The van der Waals surface area contributed by atoms with Crippen LogP contribution in [0.2, 0.25) is 0 Å². The number of amides is 1. The molecule has 13 heteroatoms. The van der Waals surface area contributed by atoms with E-state index in [0.717, 1.165) is 16.1 Å². The first-order valence-corrected chi connectivity index (χ1v) is 10.4. The maximum absolute atomic E-state index is 12.6. The Morgan fingerprint density at radius 2 is 2.00 bits per heavy atom. The zero-order valence-corrected chi connectivity index (χ0v) is 16.8. The number of nitrogens with zero attached hydrogens (tertiary/aromatic N) is 6. The van der Waals surface area contributed by atoms with Crippen molar-refractivity contribution >= 4 is 28.1 Å². The Morgan fingerprint density at radius 3 is 2.55 bits per heavy atom. The Kier molecular flexibility index (Phi) is 7.61. The van der Waals surface area contributed by atoms with Crippen LogP contribution in [0.4, 0.5) is 5.69 Å². The summed E-state index contributed by atoms with van der Waals surface area (Å²) in [5.74, 6) is -0.275. The second kappa shape index (κ2) is 9.93. The van der Waals surface area contributed by atoms with Gasteiger partial charge in [0.2, 0.25) is 15.9 Å². The number of morpholine rings is 1. The van der Waals surface area contributed by atoms with Crippen molar-refractivity contribution in [2.24, 2.45) is 0 Å². The highest BCUT2D eigenvalue weighted by molar-refractivity contribution is 7.92. The fourth-order valence-corrected chi connectivity index (χ4v) is 3.56. The number of ether oxygens (including phenoxy) is 1. The molecule has 0 atom stereocenters. The van der Waals surface area contributed by atoms with Gasteiger partial charge in [0.1, 0.15) is 12.9 Å². The molecule has 1 aromatic carbocycles. The van der Waals surface area contributed by atoms with Gasteiger partial charge in [0.25, 0.3) is 6.47 Å². The quantitative estimate of drug-likeness (QED) is 0.612. The minimum Gasteiger partial charge on any atom is -0.483 e. The van der Waals surface area contributed by atoms with Crippen molar-refractivity contribution in [1.82, 2.24) is 25.1 Å². The maximum Gasteiger partial charge on any atom is 0.290 e. The van der Waals surface area contributed by atoms with Crippen LogP contribution < -0.4 is 4.31 Å². The van der Waals surface area contributed by atoms with E-state index in [-0.39, 0.29) is 18.9 Å². The normalized spacial score (nSPS) is 13.9. The number of anilines is 1. The molecule has 1 N–H and O–H groups in total. The van der Waals surface area contributed by atoms with Crippen LogP contribution in [-0.2, 0) is 24.3 Å². The molecule has 1 saturated heterocycles. The van der Waals surface area contributed by atoms with Crippen molar-refractivity contribution in [3.05, 3.63) is 30.1 Å². The van der Waals surface area contributed by atoms with E-state index in [1.165, 1.54) is 11.0 Å². The van der Waals surface area contributed by atoms with Gasteiger partial charge in [-0.3, -0.25) is 13.9 Å². The summed E-state index contributed by atoms with van der Waals surface area (Å²) < 4.78 is 32.6. The Morgan fingerprint density at radius 1 is 1.34 bits per heavy atom. The molecular formula is C16H22N6O6S. The predicted molar refractivity (Wildman–Crippen MR) is 102 cm³/mol. The van der Waals surface area contributed by atoms with Crippen LogP contribution in [0.3, 0.4) is 0 Å². The number of benzene rings is 1. The Hall–Kier alpha value is -3.06. The van der Waals surface area contributed by atoms with Gasteiger partial charge in [-0.25, -0.2) is 8.42 Å². The van der Waals surface area contributed by atoms with Gasteiger partial charge in [-0.05, 0) is 35.0 Å². The van der Waals surface area contributed by atoms with Crippen LogP contribution in [0.5, 0.6) is 0 Å². The van der Waals surface area contributed by atoms with E-state index in [0.29, 0.717) is 37.7 Å². The van der Waals surface area contributed by atoms with Crippen molar-refractivity contribution in [2.45, 2.75) is 6.92 Å². The molecule has 0 spiro atoms. The number of aryl methyl sites for hydroxylation is 1. The highest BCUT2D eigenvalue weighted by atomic mass is 32.2. The molecule has 1 aromatic heterocycles. The van der Waals surface area contributed by atoms with Crippen molar-refractivity contribution in [3.63, 3.8) is 0 Å². The number of rotatable bonds is 5. The molecule has 1 aliphatic heterocycles. The van der Waals surface area contributed by atoms with Crippen molar-refractivity contribution < 1.29 is 27.9 Å². The van der Waals surface area contributed by atoms with Crippen LogP contribution >= 0.6 is 0 Å². The maximum atomic E-state index is 12.6. The second-order valence-electron chi connectivity index (χ2n) is 6.11. The largest absolute Gasteiger partial charge is 0.483 e. The number of hydrogen-bond donors (Lipinski definition) is 1. The lowest BCUT2D eigenvalue weighted by molar-refractivity contribution is -0.133. The Labute approximate surface area is 167 Å². The first-order chi connectivity index (χ1) is 13.8. The van der Waals surface area contributed by atoms with E-state index < -0.39 is 10.0 Å². The van der Waals surface area contributed by atoms with E-state index >= 15 is 0 Å². The smallest absolute Gasteiger partial charge is 0.290 e. The molecule has 0 radical (unpaired) electrons. The fraction of sp³-hybridized carbons (Fsp3) is 0.438. The molecule has 0 aliphatic carbocycles. The second-order valence-corrected chi connectivity index (χ2v) is 8.02. The first-order valence-electron chi connectivity index (χ1n) is 8.53. The molecular weight excluding hydrogens is 404 g/mol. The molecule has 1 amide bonds. The average molecular weight is 426 g/mol. The third-order valence-electron chi connectivity index (χ3n) is 4.04. The lowest BCUT2D eigenvalue weighted by atomic mass is 10.2. The van der Waals surface area contributed by atoms with Crippen molar-refractivity contribution in [2.75, 3.05) is 43.4 Å².